The van der Waals surface area contributed by atoms with Crippen molar-refractivity contribution in [3.8, 4) is 0 Å². The number of aliphatic hydroxyl groups is 1. The Morgan fingerprint density at radius 3 is 2.27 bits per heavy atom. The van der Waals surface area contributed by atoms with E-state index in [2.05, 4.69) is 18.4 Å². The van der Waals surface area contributed by atoms with Crippen molar-refractivity contribution in [3.05, 3.63) is 34.4 Å². The summed E-state index contributed by atoms with van der Waals surface area (Å²) in [4.78, 5) is 0. The van der Waals surface area contributed by atoms with Gasteiger partial charge >= 0.3 is 0 Å². The van der Waals surface area contributed by atoms with E-state index in [0.29, 0.717) is 6.54 Å². The molecule has 0 heterocycles. The fraction of sp³-hybridized carbons (Fsp3) is 0.500. The summed E-state index contributed by atoms with van der Waals surface area (Å²) >= 11 is 0. The van der Waals surface area contributed by atoms with Gasteiger partial charge in [0.2, 0.25) is 0 Å². The molecule has 0 bridgehead atoms. The Labute approximate surface area is 91.3 Å². The highest BCUT2D eigenvalue weighted by atomic mass is 16.3. The van der Waals surface area contributed by atoms with Gasteiger partial charge in [-0.3, -0.25) is 11.3 Å². The number of nitrogens with two attached hydrogens (primary N) is 1. The van der Waals surface area contributed by atoms with Crippen molar-refractivity contribution in [1.29, 1.82) is 0 Å². The van der Waals surface area contributed by atoms with Crippen LogP contribution in [0.15, 0.2) is 12.1 Å². The fourth-order valence-electron chi connectivity index (χ4n) is 1.83. The molecule has 0 aromatic heterocycles. The van der Waals surface area contributed by atoms with Crippen LogP contribution < -0.4 is 11.3 Å². The summed E-state index contributed by atoms with van der Waals surface area (Å²) in [6, 6.07) is 4.12. The number of hydrogen-bond acceptors (Lipinski definition) is 3. The molecule has 1 unspecified atom stereocenters. The minimum atomic E-state index is -0.919. The molecule has 1 aromatic carbocycles. The Morgan fingerprint density at radius 1 is 1.20 bits per heavy atom. The van der Waals surface area contributed by atoms with Gasteiger partial charge in [-0.25, -0.2) is 0 Å². The molecule has 0 amide bonds. The molecule has 0 saturated heterocycles. The Morgan fingerprint density at radius 2 is 1.73 bits per heavy atom. The first-order valence-corrected chi connectivity index (χ1v) is 5.12. The zero-order valence-electron chi connectivity index (χ0n) is 9.89. The van der Waals surface area contributed by atoms with Crippen molar-refractivity contribution < 1.29 is 5.11 Å². The van der Waals surface area contributed by atoms with Gasteiger partial charge in [-0.05, 0) is 49.9 Å². The van der Waals surface area contributed by atoms with Gasteiger partial charge in [-0.1, -0.05) is 12.1 Å². The number of hydrogen-bond donors (Lipinski definition) is 3. The number of aryl methyl sites for hydroxylation is 3. The summed E-state index contributed by atoms with van der Waals surface area (Å²) in [5.41, 5.74) is 6.06. The second-order valence-corrected chi connectivity index (χ2v) is 4.41. The van der Waals surface area contributed by atoms with Crippen LogP contribution in [0.4, 0.5) is 0 Å². The zero-order chi connectivity index (χ0) is 11.6. The van der Waals surface area contributed by atoms with Crippen LogP contribution in [0, 0.1) is 20.8 Å². The lowest BCUT2D eigenvalue weighted by molar-refractivity contribution is 0.0565. The van der Waals surface area contributed by atoms with Gasteiger partial charge in [-0.2, -0.15) is 0 Å². The van der Waals surface area contributed by atoms with Crippen LogP contribution in [0.25, 0.3) is 0 Å². The first-order chi connectivity index (χ1) is 6.88. The number of rotatable bonds is 3. The molecule has 0 fully saturated rings. The molecule has 0 saturated carbocycles. The van der Waals surface area contributed by atoms with Crippen molar-refractivity contribution >= 4 is 0 Å². The molecule has 1 atom stereocenters. The van der Waals surface area contributed by atoms with Crippen LogP contribution in [0.2, 0.25) is 0 Å². The van der Waals surface area contributed by atoms with E-state index in [-0.39, 0.29) is 0 Å². The molecular weight excluding hydrogens is 188 g/mol. The molecule has 0 spiro atoms. The van der Waals surface area contributed by atoms with E-state index >= 15 is 0 Å². The third kappa shape index (κ3) is 2.56. The molecule has 0 aliphatic rings. The fourth-order valence-corrected chi connectivity index (χ4v) is 1.83. The molecule has 3 nitrogen and oxygen atoms in total. The SMILES string of the molecule is Cc1cc(C)c(C(C)(O)CNN)cc1C. The maximum atomic E-state index is 10.2. The third-order valence-corrected chi connectivity index (χ3v) is 2.87. The van der Waals surface area contributed by atoms with Gasteiger partial charge in [-0.15, -0.1) is 0 Å². The summed E-state index contributed by atoms with van der Waals surface area (Å²) in [6.45, 7) is 8.24. The summed E-state index contributed by atoms with van der Waals surface area (Å²) < 4.78 is 0. The van der Waals surface area contributed by atoms with E-state index in [0.717, 1.165) is 11.1 Å². The van der Waals surface area contributed by atoms with E-state index in [1.165, 1.54) is 11.1 Å². The van der Waals surface area contributed by atoms with Crippen LogP contribution in [0.3, 0.4) is 0 Å². The van der Waals surface area contributed by atoms with Crippen molar-refractivity contribution in [1.82, 2.24) is 5.43 Å². The molecular formula is C12H20N2O. The third-order valence-electron chi connectivity index (χ3n) is 2.87. The van der Waals surface area contributed by atoms with E-state index in [1.54, 1.807) is 6.92 Å². The first kappa shape index (κ1) is 12.2. The summed E-state index contributed by atoms with van der Waals surface area (Å²) in [6.07, 6.45) is 0. The Kier molecular flexibility index (Phi) is 3.50. The second-order valence-electron chi connectivity index (χ2n) is 4.41. The van der Waals surface area contributed by atoms with Crippen LogP contribution in [0.5, 0.6) is 0 Å². The number of benzene rings is 1. The van der Waals surface area contributed by atoms with Crippen LogP contribution in [0.1, 0.15) is 29.2 Å². The number of hydrazine groups is 1. The van der Waals surface area contributed by atoms with Gasteiger partial charge in [0.1, 0.15) is 5.60 Å². The lowest BCUT2D eigenvalue weighted by atomic mass is 9.89. The average molecular weight is 208 g/mol. The molecule has 1 aromatic rings. The minimum absolute atomic E-state index is 0.344. The lowest BCUT2D eigenvalue weighted by Gasteiger charge is -2.26. The Hall–Kier alpha value is -0.900. The van der Waals surface area contributed by atoms with Gasteiger partial charge in [0.05, 0.1) is 0 Å². The summed E-state index contributed by atoms with van der Waals surface area (Å²) in [7, 11) is 0. The van der Waals surface area contributed by atoms with E-state index in [1.807, 2.05) is 19.9 Å². The molecule has 84 valence electrons. The van der Waals surface area contributed by atoms with Crippen molar-refractivity contribution in [2.24, 2.45) is 5.84 Å². The molecule has 1 rings (SSSR count). The smallest absolute Gasteiger partial charge is 0.101 e. The van der Waals surface area contributed by atoms with E-state index in [4.69, 9.17) is 5.84 Å². The van der Waals surface area contributed by atoms with Gasteiger partial charge in [0.15, 0.2) is 0 Å². The summed E-state index contributed by atoms with van der Waals surface area (Å²) in [5.74, 6) is 5.26. The van der Waals surface area contributed by atoms with Crippen molar-refractivity contribution in [2.75, 3.05) is 6.54 Å². The average Bonchev–Trinajstić information content (AvgIpc) is 2.11. The highest BCUT2D eigenvalue weighted by molar-refractivity contribution is 5.39. The predicted octanol–water partition coefficient (Wildman–Crippen LogP) is 1.28. The molecule has 15 heavy (non-hydrogen) atoms. The molecule has 3 heteroatoms. The van der Waals surface area contributed by atoms with Gasteiger partial charge < -0.3 is 5.11 Å². The highest BCUT2D eigenvalue weighted by Crippen LogP contribution is 2.26. The largest absolute Gasteiger partial charge is 0.384 e. The maximum Gasteiger partial charge on any atom is 0.101 e. The highest BCUT2D eigenvalue weighted by Gasteiger charge is 2.24. The van der Waals surface area contributed by atoms with Crippen LogP contribution in [-0.2, 0) is 5.60 Å². The normalized spacial score (nSPS) is 15.1. The first-order valence-electron chi connectivity index (χ1n) is 5.12. The molecule has 0 aliphatic heterocycles. The van der Waals surface area contributed by atoms with Gasteiger partial charge in [0, 0.05) is 6.54 Å². The van der Waals surface area contributed by atoms with Crippen molar-refractivity contribution in [2.45, 2.75) is 33.3 Å². The number of nitrogens with one attached hydrogen (secondary N) is 1. The van der Waals surface area contributed by atoms with Crippen molar-refractivity contribution in [3.63, 3.8) is 0 Å². The maximum absolute atomic E-state index is 10.2. The molecule has 0 radical (unpaired) electrons. The second kappa shape index (κ2) is 4.31. The van der Waals surface area contributed by atoms with Crippen LogP contribution in [-0.4, -0.2) is 11.7 Å². The standard InChI is InChI=1S/C12H20N2O/c1-8-5-10(3)11(6-9(8)2)12(4,15)7-14-13/h5-6,14-15H,7,13H2,1-4H3. The quantitative estimate of drug-likeness (QED) is 0.518. The van der Waals surface area contributed by atoms with E-state index < -0.39 is 5.60 Å². The summed E-state index contributed by atoms with van der Waals surface area (Å²) in [5, 5.41) is 10.2. The van der Waals surface area contributed by atoms with Crippen LogP contribution >= 0.6 is 0 Å². The minimum Gasteiger partial charge on any atom is -0.384 e. The van der Waals surface area contributed by atoms with Gasteiger partial charge in [0.25, 0.3) is 0 Å². The Bertz CT molecular complexity index is 359. The molecule has 4 N–H and O–H groups in total. The Balaban J connectivity index is 3.19. The topological polar surface area (TPSA) is 58.3 Å². The monoisotopic (exact) mass is 208 g/mol. The zero-order valence-corrected chi connectivity index (χ0v) is 9.89. The lowest BCUT2D eigenvalue weighted by Crippen LogP contribution is -2.39. The predicted molar refractivity (Wildman–Crippen MR) is 62.4 cm³/mol. The van der Waals surface area contributed by atoms with E-state index in [9.17, 15) is 5.11 Å². The molecule has 0 aliphatic carbocycles.